The van der Waals surface area contributed by atoms with E-state index in [4.69, 9.17) is 0 Å². The molecule has 1 aromatic heterocycles. The van der Waals surface area contributed by atoms with Gasteiger partial charge in [0, 0.05) is 18.4 Å². The molecule has 6 heteroatoms. The molecule has 0 fully saturated rings. The van der Waals surface area contributed by atoms with Crippen molar-refractivity contribution in [1.82, 2.24) is 4.98 Å². The summed E-state index contributed by atoms with van der Waals surface area (Å²) in [6.45, 7) is 2.01. The normalized spacial score (nSPS) is 12.7. The van der Waals surface area contributed by atoms with Crippen LogP contribution in [0.5, 0.6) is 0 Å². The lowest BCUT2D eigenvalue weighted by atomic mass is 10.1. The smallest absolute Gasteiger partial charge is 0.229 e. The van der Waals surface area contributed by atoms with Crippen LogP contribution in [0.25, 0.3) is 0 Å². The first-order chi connectivity index (χ1) is 9.46. The third-order valence-corrected chi connectivity index (χ3v) is 3.39. The molecule has 0 spiro atoms. The molecule has 2 N–H and O–H groups in total. The Balaban J connectivity index is 2.21. The number of sulfonamides is 1. The van der Waals surface area contributed by atoms with E-state index in [-0.39, 0.29) is 6.04 Å². The van der Waals surface area contributed by atoms with Crippen molar-refractivity contribution < 1.29 is 8.42 Å². The van der Waals surface area contributed by atoms with E-state index in [2.05, 4.69) is 15.0 Å². The highest BCUT2D eigenvalue weighted by atomic mass is 32.2. The Morgan fingerprint density at radius 2 is 1.65 bits per heavy atom. The van der Waals surface area contributed by atoms with E-state index in [0.717, 1.165) is 17.5 Å². The van der Waals surface area contributed by atoms with E-state index in [1.807, 2.05) is 31.2 Å². The average molecular weight is 291 g/mol. The van der Waals surface area contributed by atoms with E-state index in [1.165, 1.54) is 0 Å². The second-order valence-electron chi connectivity index (χ2n) is 4.57. The van der Waals surface area contributed by atoms with Gasteiger partial charge in [0.2, 0.25) is 10.0 Å². The second-order valence-corrected chi connectivity index (χ2v) is 6.31. The van der Waals surface area contributed by atoms with Crippen molar-refractivity contribution in [1.29, 1.82) is 0 Å². The van der Waals surface area contributed by atoms with Crippen molar-refractivity contribution in [2.24, 2.45) is 0 Å². The van der Waals surface area contributed by atoms with Gasteiger partial charge in [-0.2, -0.15) is 0 Å². The van der Waals surface area contributed by atoms with E-state index in [9.17, 15) is 8.42 Å². The molecule has 1 aromatic carbocycles. The molecule has 0 radical (unpaired) electrons. The number of benzene rings is 1. The molecule has 1 unspecified atom stereocenters. The largest absolute Gasteiger partial charge is 0.377 e. The molecular formula is C14H17N3O2S. The molecule has 0 saturated carbocycles. The summed E-state index contributed by atoms with van der Waals surface area (Å²) in [5.74, 6) is 0. The van der Waals surface area contributed by atoms with E-state index < -0.39 is 10.0 Å². The molecular weight excluding hydrogens is 274 g/mol. The van der Waals surface area contributed by atoms with Crippen LogP contribution in [0, 0.1) is 0 Å². The quantitative estimate of drug-likeness (QED) is 0.888. The van der Waals surface area contributed by atoms with Crippen LogP contribution in [-0.2, 0) is 10.0 Å². The minimum absolute atomic E-state index is 0.0421. The van der Waals surface area contributed by atoms with Gasteiger partial charge >= 0.3 is 0 Å². The van der Waals surface area contributed by atoms with Crippen LogP contribution in [0.4, 0.5) is 11.4 Å². The van der Waals surface area contributed by atoms with Crippen molar-refractivity contribution in [3.05, 3.63) is 54.4 Å². The van der Waals surface area contributed by atoms with Crippen molar-refractivity contribution in [2.75, 3.05) is 16.3 Å². The van der Waals surface area contributed by atoms with Crippen LogP contribution < -0.4 is 10.0 Å². The maximum atomic E-state index is 11.4. The van der Waals surface area contributed by atoms with Gasteiger partial charge in [0.05, 0.1) is 17.6 Å². The molecule has 106 valence electrons. The van der Waals surface area contributed by atoms with Gasteiger partial charge in [0.1, 0.15) is 0 Å². The summed E-state index contributed by atoms with van der Waals surface area (Å²) in [6.07, 6.45) is 4.60. The molecule has 1 atom stereocenters. The second kappa shape index (κ2) is 5.92. The molecule has 1 heterocycles. The molecule has 0 bridgehead atoms. The minimum atomic E-state index is -3.30. The zero-order valence-corrected chi connectivity index (χ0v) is 12.2. The van der Waals surface area contributed by atoms with Crippen LogP contribution >= 0.6 is 0 Å². The number of nitrogens with zero attached hydrogens (tertiary/aromatic N) is 1. The summed E-state index contributed by atoms with van der Waals surface area (Å²) < 4.78 is 25.2. The number of hydrogen-bond donors (Lipinski definition) is 2. The molecule has 0 amide bonds. The zero-order valence-electron chi connectivity index (χ0n) is 11.4. The fourth-order valence-corrected chi connectivity index (χ4v) is 2.44. The number of pyridine rings is 1. The third kappa shape index (κ3) is 3.96. The number of nitrogens with one attached hydrogen (secondary N) is 2. The van der Waals surface area contributed by atoms with Gasteiger partial charge in [0.15, 0.2) is 0 Å². The highest BCUT2D eigenvalue weighted by Crippen LogP contribution is 2.26. The van der Waals surface area contributed by atoms with E-state index in [1.54, 1.807) is 24.5 Å². The van der Waals surface area contributed by atoms with Crippen molar-refractivity contribution in [2.45, 2.75) is 13.0 Å². The van der Waals surface area contributed by atoms with Gasteiger partial charge < -0.3 is 5.32 Å². The lowest BCUT2D eigenvalue weighted by Crippen LogP contribution is -2.13. The van der Waals surface area contributed by atoms with Crippen LogP contribution in [-0.4, -0.2) is 19.7 Å². The van der Waals surface area contributed by atoms with Gasteiger partial charge in [-0.25, -0.2) is 8.42 Å². The van der Waals surface area contributed by atoms with Crippen LogP contribution in [0.3, 0.4) is 0 Å². The number of rotatable bonds is 5. The van der Waals surface area contributed by atoms with Gasteiger partial charge in [0.25, 0.3) is 0 Å². The predicted molar refractivity (Wildman–Crippen MR) is 81.2 cm³/mol. The fraction of sp³-hybridized carbons (Fsp3) is 0.214. The molecule has 5 nitrogen and oxygen atoms in total. The molecule has 2 aromatic rings. The molecule has 0 aliphatic heterocycles. The Hall–Kier alpha value is -2.08. The Morgan fingerprint density at radius 1 is 1.05 bits per heavy atom. The van der Waals surface area contributed by atoms with Crippen molar-refractivity contribution in [3.8, 4) is 0 Å². The number of para-hydroxylation sites is 2. The van der Waals surface area contributed by atoms with Crippen LogP contribution in [0.2, 0.25) is 0 Å². The van der Waals surface area contributed by atoms with Crippen molar-refractivity contribution >= 4 is 21.4 Å². The van der Waals surface area contributed by atoms with Crippen LogP contribution in [0.15, 0.2) is 48.8 Å². The van der Waals surface area contributed by atoms with Gasteiger partial charge in [-0.15, -0.1) is 0 Å². The first-order valence-corrected chi connectivity index (χ1v) is 8.08. The summed E-state index contributed by atoms with van der Waals surface area (Å²) in [5.41, 5.74) is 2.35. The van der Waals surface area contributed by atoms with Crippen molar-refractivity contribution in [3.63, 3.8) is 0 Å². The molecule has 0 saturated heterocycles. The van der Waals surface area contributed by atoms with E-state index in [0.29, 0.717) is 5.69 Å². The first-order valence-electron chi connectivity index (χ1n) is 6.19. The highest BCUT2D eigenvalue weighted by molar-refractivity contribution is 7.92. The fourth-order valence-electron chi connectivity index (χ4n) is 1.87. The minimum Gasteiger partial charge on any atom is -0.377 e. The third-order valence-electron chi connectivity index (χ3n) is 2.80. The summed E-state index contributed by atoms with van der Waals surface area (Å²) in [7, 11) is -3.30. The molecule has 0 aliphatic rings. The molecule has 2 rings (SSSR count). The van der Waals surface area contributed by atoms with Gasteiger partial charge in [-0.1, -0.05) is 12.1 Å². The summed E-state index contributed by atoms with van der Waals surface area (Å²) in [5, 5.41) is 3.29. The zero-order chi connectivity index (χ0) is 14.6. The standard InChI is InChI=1S/C14H17N3O2S/c1-11(12-7-9-15-10-8-12)16-13-5-3-4-6-14(13)17-20(2,18)19/h3-11,16-17H,1-2H3. The monoisotopic (exact) mass is 291 g/mol. The predicted octanol–water partition coefficient (Wildman–Crippen LogP) is 2.63. The Morgan fingerprint density at radius 3 is 2.25 bits per heavy atom. The lowest BCUT2D eigenvalue weighted by molar-refractivity contribution is 0.607. The van der Waals surface area contributed by atoms with Crippen LogP contribution in [0.1, 0.15) is 18.5 Å². The van der Waals surface area contributed by atoms with Gasteiger partial charge in [-0.3, -0.25) is 9.71 Å². The summed E-state index contributed by atoms with van der Waals surface area (Å²) >= 11 is 0. The molecule has 0 aliphatic carbocycles. The maximum Gasteiger partial charge on any atom is 0.229 e. The summed E-state index contributed by atoms with van der Waals surface area (Å²) in [6, 6.07) is 11.1. The first kappa shape index (κ1) is 14.3. The average Bonchev–Trinajstić information content (AvgIpc) is 2.40. The number of aromatic nitrogens is 1. The SMILES string of the molecule is CC(Nc1ccccc1NS(C)(=O)=O)c1ccncc1. The summed E-state index contributed by atoms with van der Waals surface area (Å²) in [4.78, 5) is 3.98. The lowest BCUT2D eigenvalue weighted by Gasteiger charge is -2.18. The van der Waals surface area contributed by atoms with E-state index >= 15 is 0 Å². The maximum absolute atomic E-state index is 11.4. The topological polar surface area (TPSA) is 71.1 Å². The Kier molecular flexibility index (Phi) is 4.24. The Bertz CT molecular complexity index is 672. The number of hydrogen-bond acceptors (Lipinski definition) is 4. The molecule has 20 heavy (non-hydrogen) atoms. The van der Waals surface area contributed by atoms with Gasteiger partial charge in [-0.05, 0) is 36.8 Å². The Labute approximate surface area is 119 Å². The number of anilines is 2. The highest BCUT2D eigenvalue weighted by Gasteiger charge is 2.10.